The number of carbonyl (C=O) groups excluding carboxylic acids is 1. The quantitative estimate of drug-likeness (QED) is 0.738. The summed E-state index contributed by atoms with van der Waals surface area (Å²) in [5.41, 5.74) is 0.832. The van der Waals surface area contributed by atoms with E-state index in [1.807, 2.05) is 18.0 Å². The van der Waals surface area contributed by atoms with Gasteiger partial charge in [0.15, 0.2) is 0 Å². The summed E-state index contributed by atoms with van der Waals surface area (Å²) in [6, 6.07) is -0.196. The number of nitrogens with zero attached hydrogens (tertiary/aromatic N) is 5. The van der Waals surface area contributed by atoms with E-state index in [0.717, 1.165) is 24.7 Å². The average molecular weight is 436 g/mol. The number of rotatable bonds is 6. The van der Waals surface area contributed by atoms with Gasteiger partial charge in [0.1, 0.15) is 5.69 Å². The van der Waals surface area contributed by atoms with E-state index < -0.39 is 0 Å². The molecule has 2 bridgehead atoms. The lowest BCUT2D eigenvalue weighted by molar-refractivity contribution is -0.136. The number of hydrogen-bond donors (Lipinski definition) is 1. The molecule has 1 N–H and O–H groups in total. The summed E-state index contributed by atoms with van der Waals surface area (Å²) in [5.74, 6) is 1.00. The van der Waals surface area contributed by atoms with E-state index in [0.29, 0.717) is 32.5 Å². The van der Waals surface area contributed by atoms with Crippen molar-refractivity contribution < 1.29 is 14.6 Å². The molecule has 1 saturated carbocycles. The Bertz CT molecular complexity index is 676. The van der Waals surface area contributed by atoms with E-state index >= 15 is 0 Å². The highest BCUT2D eigenvalue weighted by Gasteiger charge is 2.28. The van der Waals surface area contributed by atoms with Gasteiger partial charge in [-0.3, -0.25) is 9.48 Å². The summed E-state index contributed by atoms with van der Waals surface area (Å²) < 4.78 is 8.15. The van der Waals surface area contributed by atoms with Crippen LogP contribution in [0.4, 0.5) is 0 Å². The molecule has 1 fully saturated rings. The third kappa shape index (κ3) is 7.26. The molecule has 176 valence electrons. The number of aryl methyl sites for hydroxylation is 1. The number of aliphatic hydroxyl groups is 1. The van der Waals surface area contributed by atoms with E-state index in [9.17, 15) is 9.90 Å². The fourth-order valence-corrected chi connectivity index (χ4v) is 4.89. The zero-order valence-corrected chi connectivity index (χ0v) is 19.6. The highest BCUT2D eigenvalue weighted by atomic mass is 16.5. The molecule has 1 aliphatic carbocycles. The molecule has 1 amide bonds. The van der Waals surface area contributed by atoms with Gasteiger partial charge < -0.3 is 19.6 Å². The number of carbonyl (C=O) groups is 1. The van der Waals surface area contributed by atoms with Crippen LogP contribution in [-0.4, -0.2) is 81.2 Å². The molecule has 0 spiro atoms. The summed E-state index contributed by atoms with van der Waals surface area (Å²) in [7, 11) is 2.18. The third-order valence-electron chi connectivity index (χ3n) is 6.83. The lowest BCUT2D eigenvalue weighted by Gasteiger charge is -2.36. The molecule has 3 rings (SSSR count). The van der Waals surface area contributed by atoms with Crippen LogP contribution in [-0.2, 0) is 22.7 Å². The Kier molecular flexibility index (Phi) is 9.29. The number of fused-ring (bicyclic) bond motifs is 2. The molecular formula is C23H41N5O3. The second-order valence-corrected chi connectivity index (χ2v) is 9.71. The topological polar surface area (TPSA) is 83.7 Å². The van der Waals surface area contributed by atoms with Crippen LogP contribution in [0.25, 0.3) is 0 Å². The van der Waals surface area contributed by atoms with Crippen molar-refractivity contribution in [2.45, 2.75) is 84.1 Å². The first-order chi connectivity index (χ1) is 15.0. The van der Waals surface area contributed by atoms with Crippen molar-refractivity contribution in [2.24, 2.45) is 11.8 Å². The van der Waals surface area contributed by atoms with Gasteiger partial charge in [-0.1, -0.05) is 31.4 Å². The molecule has 0 radical (unpaired) electrons. The summed E-state index contributed by atoms with van der Waals surface area (Å²) in [6.07, 6.45) is 9.76. The maximum atomic E-state index is 12.9. The molecule has 1 aliphatic heterocycles. The monoisotopic (exact) mass is 435 g/mol. The number of hydrogen-bond acceptors (Lipinski definition) is 6. The van der Waals surface area contributed by atoms with E-state index in [1.54, 1.807) is 4.68 Å². The van der Waals surface area contributed by atoms with Gasteiger partial charge in [0.2, 0.25) is 5.91 Å². The van der Waals surface area contributed by atoms with Crippen molar-refractivity contribution >= 4 is 5.91 Å². The van der Waals surface area contributed by atoms with Gasteiger partial charge in [-0.05, 0) is 39.2 Å². The predicted octanol–water partition coefficient (Wildman–Crippen LogP) is 2.31. The minimum Gasteiger partial charge on any atom is -0.394 e. The zero-order chi connectivity index (χ0) is 22.2. The Balaban J connectivity index is 1.71. The van der Waals surface area contributed by atoms with E-state index in [2.05, 4.69) is 29.2 Å². The summed E-state index contributed by atoms with van der Waals surface area (Å²) in [4.78, 5) is 17.2. The largest absolute Gasteiger partial charge is 0.394 e. The normalized spacial score (nSPS) is 25.7. The van der Waals surface area contributed by atoms with E-state index in [4.69, 9.17) is 4.74 Å². The molecule has 1 aromatic rings. The van der Waals surface area contributed by atoms with Crippen molar-refractivity contribution in [3.05, 3.63) is 11.9 Å². The second kappa shape index (κ2) is 11.9. The molecule has 0 aromatic carbocycles. The van der Waals surface area contributed by atoms with Gasteiger partial charge >= 0.3 is 0 Å². The Labute approximate surface area is 186 Å². The SMILES string of the molecule is C[C@H](CO)N1C[C@H](C)[C@@H](CN(C)CC2CCCCC2)OCc2cn(nn2)CCCC1=O. The lowest BCUT2D eigenvalue weighted by atomic mass is 9.89. The minimum absolute atomic E-state index is 0.0271. The van der Waals surface area contributed by atoms with Crippen molar-refractivity contribution in [1.82, 2.24) is 24.8 Å². The number of amides is 1. The molecule has 0 unspecified atom stereocenters. The third-order valence-corrected chi connectivity index (χ3v) is 6.83. The van der Waals surface area contributed by atoms with Crippen LogP contribution in [0.5, 0.6) is 0 Å². The van der Waals surface area contributed by atoms with Gasteiger partial charge in [-0.2, -0.15) is 0 Å². The van der Waals surface area contributed by atoms with Gasteiger partial charge in [-0.25, -0.2) is 0 Å². The summed E-state index contributed by atoms with van der Waals surface area (Å²) >= 11 is 0. The van der Waals surface area contributed by atoms with Crippen LogP contribution < -0.4 is 0 Å². The summed E-state index contributed by atoms with van der Waals surface area (Å²) in [6.45, 7) is 7.63. The summed E-state index contributed by atoms with van der Waals surface area (Å²) in [5, 5.41) is 18.1. The fourth-order valence-electron chi connectivity index (χ4n) is 4.89. The number of aliphatic hydroxyl groups excluding tert-OH is 1. The standard InChI is InChI=1S/C23H41N5O3/c1-18-12-28(19(2)16-29)23(30)10-7-11-27-14-21(24-25-27)17-31-22(18)15-26(3)13-20-8-5-4-6-9-20/h14,18-20,22,29H,4-13,15-17H2,1-3H3/t18-,19+,22+/m0/s1. The maximum absolute atomic E-state index is 12.9. The Hall–Kier alpha value is -1.51. The van der Waals surface area contributed by atoms with Crippen molar-refractivity contribution in [1.29, 1.82) is 0 Å². The molecule has 2 aliphatic rings. The Morgan fingerprint density at radius 1 is 1.26 bits per heavy atom. The van der Waals surface area contributed by atoms with Gasteiger partial charge in [0.05, 0.1) is 31.6 Å². The molecule has 31 heavy (non-hydrogen) atoms. The first-order valence-corrected chi connectivity index (χ1v) is 12.1. The van der Waals surface area contributed by atoms with Gasteiger partial charge in [0.25, 0.3) is 0 Å². The van der Waals surface area contributed by atoms with Crippen LogP contribution in [0.15, 0.2) is 6.20 Å². The number of aromatic nitrogens is 3. The minimum atomic E-state index is -0.196. The molecule has 3 atom stereocenters. The van der Waals surface area contributed by atoms with Crippen LogP contribution in [0.3, 0.4) is 0 Å². The first-order valence-electron chi connectivity index (χ1n) is 12.1. The number of likely N-dealkylation sites (N-methyl/N-ethyl adjacent to an activating group) is 1. The van der Waals surface area contributed by atoms with Crippen LogP contribution in [0.2, 0.25) is 0 Å². The maximum Gasteiger partial charge on any atom is 0.222 e. The molecule has 0 saturated heterocycles. The highest BCUT2D eigenvalue weighted by molar-refractivity contribution is 5.76. The van der Waals surface area contributed by atoms with Crippen molar-refractivity contribution in [3.8, 4) is 0 Å². The van der Waals surface area contributed by atoms with E-state index in [1.165, 1.54) is 32.1 Å². The second-order valence-electron chi connectivity index (χ2n) is 9.71. The van der Waals surface area contributed by atoms with Crippen LogP contribution in [0.1, 0.15) is 64.5 Å². The first kappa shape index (κ1) is 24.1. The average Bonchev–Trinajstić information content (AvgIpc) is 3.22. The fraction of sp³-hybridized carbons (Fsp3) is 0.870. The highest BCUT2D eigenvalue weighted by Crippen LogP contribution is 2.25. The zero-order valence-electron chi connectivity index (χ0n) is 19.6. The van der Waals surface area contributed by atoms with Crippen LogP contribution >= 0.6 is 0 Å². The Morgan fingerprint density at radius 2 is 2.03 bits per heavy atom. The predicted molar refractivity (Wildman–Crippen MR) is 119 cm³/mol. The van der Waals surface area contributed by atoms with Crippen molar-refractivity contribution in [2.75, 3.05) is 33.3 Å². The van der Waals surface area contributed by atoms with Crippen LogP contribution in [0, 0.1) is 11.8 Å². The van der Waals surface area contributed by atoms with Gasteiger partial charge in [0, 0.05) is 38.5 Å². The number of ether oxygens (including phenoxy) is 1. The molecule has 2 heterocycles. The lowest BCUT2D eigenvalue weighted by Crippen LogP contribution is -2.47. The van der Waals surface area contributed by atoms with Gasteiger partial charge in [-0.15, -0.1) is 5.10 Å². The molecular weight excluding hydrogens is 394 g/mol. The van der Waals surface area contributed by atoms with E-state index in [-0.39, 0.29) is 30.6 Å². The molecule has 8 heteroatoms. The molecule has 1 aromatic heterocycles. The Morgan fingerprint density at radius 3 is 2.77 bits per heavy atom. The van der Waals surface area contributed by atoms with Crippen molar-refractivity contribution in [3.63, 3.8) is 0 Å². The smallest absolute Gasteiger partial charge is 0.222 e. The molecule has 8 nitrogen and oxygen atoms in total.